The molecule has 0 bridgehead atoms. The molecular formula is C15H24N2O4S2. The minimum absolute atomic E-state index is 0.140. The zero-order valence-electron chi connectivity index (χ0n) is 13.8. The predicted molar refractivity (Wildman–Crippen MR) is 90.2 cm³/mol. The quantitative estimate of drug-likeness (QED) is 0.793. The average Bonchev–Trinajstić information content (AvgIpc) is 2.53. The van der Waals surface area contributed by atoms with Gasteiger partial charge in [-0.05, 0) is 37.0 Å². The van der Waals surface area contributed by atoms with Crippen LogP contribution in [0.15, 0.2) is 29.2 Å². The van der Waals surface area contributed by atoms with Crippen molar-refractivity contribution >= 4 is 20.0 Å². The van der Waals surface area contributed by atoms with Gasteiger partial charge in [0.25, 0.3) is 0 Å². The minimum Gasteiger partial charge on any atom is -0.213 e. The maximum absolute atomic E-state index is 12.7. The Labute approximate surface area is 139 Å². The van der Waals surface area contributed by atoms with E-state index in [4.69, 9.17) is 0 Å². The van der Waals surface area contributed by atoms with Crippen molar-refractivity contribution in [3.63, 3.8) is 0 Å². The molecule has 2 rings (SSSR count). The van der Waals surface area contributed by atoms with Crippen molar-refractivity contribution in [2.24, 2.45) is 0 Å². The highest BCUT2D eigenvalue weighted by Crippen LogP contribution is 2.24. The second-order valence-corrected chi connectivity index (χ2v) is 9.89. The highest BCUT2D eigenvalue weighted by Gasteiger charge is 2.32. The van der Waals surface area contributed by atoms with E-state index in [2.05, 4.69) is 0 Å². The Kier molecular flexibility index (Phi) is 5.50. The van der Waals surface area contributed by atoms with E-state index in [1.807, 2.05) is 19.1 Å². The van der Waals surface area contributed by atoms with Gasteiger partial charge in [0, 0.05) is 26.2 Å². The van der Waals surface area contributed by atoms with Crippen LogP contribution < -0.4 is 0 Å². The molecule has 0 aromatic heterocycles. The molecule has 1 heterocycles. The van der Waals surface area contributed by atoms with Crippen LogP contribution in [0.1, 0.15) is 25.3 Å². The minimum atomic E-state index is -3.51. The van der Waals surface area contributed by atoms with Crippen LogP contribution in [0.3, 0.4) is 0 Å². The topological polar surface area (TPSA) is 74.8 Å². The van der Waals surface area contributed by atoms with Gasteiger partial charge < -0.3 is 0 Å². The molecule has 0 radical (unpaired) electrons. The molecular weight excluding hydrogens is 336 g/mol. The predicted octanol–water partition coefficient (Wildman–Crippen LogP) is 1.29. The lowest BCUT2D eigenvalue weighted by molar-refractivity contribution is 0.239. The highest BCUT2D eigenvalue weighted by atomic mass is 32.2. The Hall–Kier alpha value is -0.960. The van der Waals surface area contributed by atoms with Gasteiger partial charge in [0.05, 0.1) is 11.2 Å². The van der Waals surface area contributed by atoms with Gasteiger partial charge in [-0.3, -0.25) is 0 Å². The standard InChI is InChI=1S/C15H24N2O4S2/c1-4-13-5-7-15(8-6-13)23(20,21)17-11-9-14(10-12-17)16(2)22(3,18)19/h5-8,14H,4,9-12H2,1-3H3. The molecule has 0 atom stereocenters. The Bertz CT molecular complexity index is 734. The second kappa shape index (κ2) is 6.88. The molecule has 0 saturated carbocycles. The lowest BCUT2D eigenvalue weighted by Gasteiger charge is -2.35. The summed E-state index contributed by atoms with van der Waals surface area (Å²) in [4.78, 5) is 0.296. The van der Waals surface area contributed by atoms with Crippen molar-refractivity contribution in [3.05, 3.63) is 29.8 Å². The number of piperidine rings is 1. The Balaban J connectivity index is 2.09. The third kappa shape index (κ3) is 4.12. The third-order valence-electron chi connectivity index (χ3n) is 4.43. The first-order valence-corrected chi connectivity index (χ1v) is 11.0. The van der Waals surface area contributed by atoms with Crippen molar-refractivity contribution in [3.8, 4) is 0 Å². The fourth-order valence-electron chi connectivity index (χ4n) is 2.76. The number of hydrogen-bond donors (Lipinski definition) is 0. The number of benzene rings is 1. The van der Waals surface area contributed by atoms with Gasteiger partial charge in [0.2, 0.25) is 20.0 Å². The van der Waals surface area contributed by atoms with Gasteiger partial charge in [0.1, 0.15) is 0 Å². The number of aryl methyl sites for hydroxylation is 1. The molecule has 1 aliphatic rings. The maximum Gasteiger partial charge on any atom is 0.243 e. The molecule has 1 aromatic carbocycles. The van der Waals surface area contributed by atoms with Crippen molar-refractivity contribution < 1.29 is 16.8 Å². The van der Waals surface area contributed by atoms with E-state index in [0.717, 1.165) is 12.0 Å². The largest absolute Gasteiger partial charge is 0.243 e. The van der Waals surface area contributed by atoms with Crippen LogP contribution in [-0.4, -0.2) is 57.9 Å². The Morgan fingerprint density at radius 1 is 1.09 bits per heavy atom. The molecule has 1 fully saturated rings. The van der Waals surface area contributed by atoms with E-state index >= 15 is 0 Å². The Morgan fingerprint density at radius 3 is 2.04 bits per heavy atom. The molecule has 0 unspecified atom stereocenters. The van der Waals surface area contributed by atoms with Crippen LogP contribution in [0.2, 0.25) is 0 Å². The van der Waals surface area contributed by atoms with E-state index < -0.39 is 20.0 Å². The van der Waals surface area contributed by atoms with E-state index in [9.17, 15) is 16.8 Å². The monoisotopic (exact) mass is 360 g/mol. The number of hydrogen-bond acceptors (Lipinski definition) is 4. The first kappa shape index (κ1) is 18.4. The molecule has 0 spiro atoms. The summed E-state index contributed by atoms with van der Waals surface area (Å²) in [7, 11) is -5.21. The van der Waals surface area contributed by atoms with Gasteiger partial charge in [-0.25, -0.2) is 21.1 Å². The number of nitrogens with zero attached hydrogens (tertiary/aromatic N) is 2. The molecule has 8 heteroatoms. The van der Waals surface area contributed by atoms with Crippen molar-refractivity contribution in [2.45, 2.75) is 37.1 Å². The first-order chi connectivity index (χ1) is 10.7. The van der Waals surface area contributed by atoms with Crippen LogP contribution in [0.4, 0.5) is 0 Å². The van der Waals surface area contributed by atoms with Crippen LogP contribution in [0, 0.1) is 0 Å². The summed E-state index contributed by atoms with van der Waals surface area (Å²) in [5.74, 6) is 0. The van der Waals surface area contributed by atoms with Crippen LogP contribution in [-0.2, 0) is 26.5 Å². The molecule has 6 nitrogen and oxygen atoms in total. The number of sulfonamides is 2. The summed E-state index contributed by atoms with van der Waals surface area (Å²) >= 11 is 0. The van der Waals surface area contributed by atoms with E-state index in [-0.39, 0.29) is 6.04 Å². The van der Waals surface area contributed by atoms with Crippen molar-refractivity contribution in [1.82, 2.24) is 8.61 Å². The van der Waals surface area contributed by atoms with Crippen LogP contribution in [0.25, 0.3) is 0 Å². The van der Waals surface area contributed by atoms with Gasteiger partial charge in [-0.1, -0.05) is 19.1 Å². The van der Waals surface area contributed by atoms with E-state index in [1.165, 1.54) is 14.9 Å². The van der Waals surface area contributed by atoms with Gasteiger partial charge >= 0.3 is 0 Å². The summed E-state index contributed by atoms with van der Waals surface area (Å²) < 4.78 is 51.3. The molecule has 0 amide bonds. The molecule has 0 N–H and O–H groups in total. The number of rotatable bonds is 5. The fraction of sp³-hybridized carbons (Fsp3) is 0.600. The van der Waals surface area contributed by atoms with Crippen molar-refractivity contribution in [1.29, 1.82) is 0 Å². The van der Waals surface area contributed by atoms with Crippen molar-refractivity contribution in [2.75, 3.05) is 26.4 Å². The average molecular weight is 361 g/mol. The lowest BCUT2D eigenvalue weighted by atomic mass is 10.1. The SMILES string of the molecule is CCc1ccc(S(=O)(=O)N2CCC(N(C)S(C)(=O)=O)CC2)cc1. The summed E-state index contributed by atoms with van der Waals surface area (Å²) in [5, 5.41) is 0. The second-order valence-electron chi connectivity index (χ2n) is 5.91. The summed E-state index contributed by atoms with van der Waals surface area (Å²) in [5.41, 5.74) is 1.09. The molecule has 1 aromatic rings. The molecule has 1 saturated heterocycles. The zero-order chi connectivity index (χ0) is 17.3. The first-order valence-electron chi connectivity index (χ1n) is 7.68. The lowest BCUT2D eigenvalue weighted by Crippen LogP contribution is -2.46. The molecule has 1 aliphatic heterocycles. The molecule has 23 heavy (non-hydrogen) atoms. The molecule has 0 aliphatic carbocycles. The van der Waals surface area contributed by atoms with E-state index in [0.29, 0.717) is 30.8 Å². The smallest absolute Gasteiger partial charge is 0.213 e. The van der Waals surface area contributed by atoms with Gasteiger partial charge in [0.15, 0.2) is 0 Å². The van der Waals surface area contributed by atoms with Gasteiger partial charge in [-0.15, -0.1) is 0 Å². The third-order valence-corrected chi connectivity index (χ3v) is 7.69. The van der Waals surface area contributed by atoms with E-state index in [1.54, 1.807) is 19.2 Å². The fourth-order valence-corrected chi connectivity index (χ4v) is 4.99. The summed E-state index contributed by atoms with van der Waals surface area (Å²) in [6, 6.07) is 6.80. The summed E-state index contributed by atoms with van der Waals surface area (Å²) in [6.07, 6.45) is 3.06. The normalized spacial score (nSPS) is 18.4. The zero-order valence-corrected chi connectivity index (χ0v) is 15.4. The van der Waals surface area contributed by atoms with Crippen LogP contribution in [0.5, 0.6) is 0 Å². The molecule has 130 valence electrons. The maximum atomic E-state index is 12.7. The Morgan fingerprint density at radius 2 is 1.61 bits per heavy atom. The highest BCUT2D eigenvalue weighted by molar-refractivity contribution is 7.89. The van der Waals surface area contributed by atoms with Gasteiger partial charge in [-0.2, -0.15) is 4.31 Å². The summed E-state index contributed by atoms with van der Waals surface area (Å²) in [6.45, 7) is 2.69. The van der Waals surface area contributed by atoms with Crippen LogP contribution >= 0.6 is 0 Å².